The zero-order valence-electron chi connectivity index (χ0n) is 11.7. The average Bonchev–Trinajstić information content (AvgIpc) is 2.48. The monoisotopic (exact) mass is 304 g/mol. The lowest BCUT2D eigenvalue weighted by molar-refractivity contribution is -0.384. The van der Waals surface area contributed by atoms with Gasteiger partial charge in [-0.15, -0.1) is 0 Å². The van der Waals surface area contributed by atoms with Crippen molar-refractivity contribution in [3.05, 3.63) is 64.0 Å². The third-order valence-electron chi connectivity index (χ3n) is 2.88. The van der Waals surface area contributed by atoms with Crippen LogP contribution in [0.25, 0.3) is 0 Å². The number of nitrogens with one attached hydrogen (secondary N) is 1. The molecule has 0 bridgehead atoms. The Labute approximate surface area is 125 Å². The molecule has 7 heteroatoms. The van der Waals surface area contributed by atoms with Crippen molar-refractivity contribution in [3.8, 4) is 5.75 Å². The molecule has 1 amide bonds. The number of carbonyl (C=O) groups excluding carboxylic acids is 1. The molecule has 0 spiro atoms. The maximum absolute atomic E-state index is 12.7. The highest BCUT2D eigenvalue weighted by Crippen LogP contribution is 2.21. The average molecular weight is 304 g/mol. The fourth-order valence-electron chi connectivity index (χ4n) is 1.77. The molecule has 0 fully saturated rings. The molecule has 0 atom stereocenters. The van der Waals surface area contributed by atoms with E-state index in [1.54, 1.807) is 6.92 Å². The molecule has 2 rings (SSSR count). The Hall–Kier alpha value is -2.96. The van der Waals surface area contributed by atoms with Crippen LogP contribution >= 0.6 is 0 Å². The number of amides is 1. The number of nitro groups is 1. The summed E-state index contributed by atoms with van der Waals surface area (Å²) in [5, 5.41) is 13.2. The van der Waals surface area contributed by atoms with Gasteiger partial charge in [-0.3, -0.25) is 14.9 Å². The van der Waals surface area contributed by atoms with Crippen LogP contribution in [0.5, 0.6) is 5.75 Å². The topological polar surface area (TPSA) is 81.5 Å². The van der Waals surface area contributed by atoms with Crippen LogP contribution in [-0.4, -0.2) is 17.4 Å². The van der Waals surface area contributed by atoms with Crippen molar-refractivity contribution >= 4 is 17.3 Å². The van der Waals surface area contributed by atoms with Crippen molar-refractivity contribution < 1.29 is 18.8 Å². The normalized spacial score (nSPS) is 10.1. The number of benzene rings is 2. The summed E-state index contributed by atoms with van der Waals surface area (Å²) in [4.78, 5) is 21.9. The second-order valence-corrected chi connectivity index (χ2v) is 4.55. The first-order valence-corrected chi connectivity index (χ1v) is 6.39. The fraction of sp³-hybridized carbons (Fsp3) is 0.133. The van der Waals surface area contributed by atoms with Gasteiger partial charge in [-0.1, -0.05) is 0 Å². The number of non-ortho nitro benzene ring substituents is 1. The van der Waals surface area contributed by atoms with Crippen LogP contribution in [0.1, 0.15) is 5.56 Å². The van der Waals surface area contributed by atoms with Crippen molar-refractivity contribution in [1.29, 1.82) is 0 Å². The molecule has 0 radical (unpaired) electrons. The van der Waals surface area contributed by atoms with Crippen molar-refractivity contribution in [3.63, 3.8) is 0 Å². The molecule has 0 aromatic heterocycles. The predicted molar refractivity (Wildman–Crippen MR) is 78.4 cm³/mol. The van der Waals surface area contributed by atoms with Crippen LogP contribution in [0.15, 0.2) is 42.5 Å². The van der Waals surface area contributed by atoms with E-state index in [-0.39, 0.29) is 12.3 Å². The first-order chi connectivity index (χ1) is 10.5. The molecule has 0 heterocycles. The minimum absolute atomic E-state index is 0.0435. The Morgan fingerprint density at radius 1 is 1.27 bits per heavy atom. The van der Waals surface area contributed by atoms with E-state index in [9.17, 15) is 19.3 Å². The quantitative estimate of drug-likeness (QED) is 0.680. The summed E-state index contributed by atoms with van der Waals surface area (Å²) in [5.74, 6) is -0.434. The van der Waals surface area contributed by atoms with Gasteiger partial charge in [0, 0.05) is 17.8 Å². The molecule has 1 N–H and O–H groups in total. The van der Waals surface area contributed by atoms with E-state index in [1.165, 1.54) is 42.5 Å². The van der Waals surface area contributed by atoms with Crippen LogP contribution in [0.3, 0.4) is 0 Å². The molecular weight excluding hydrogens is 291 g/mol. The molecule has 0 saturated heterocycles. The van der Waals surface area contributed by atoms with Gasteiger partial charge in [0.1, 0.15) is 11.6 Å². The van der Waals surface area contributed by atoms with Crippen molar-refractivity contribution in [2.75, 3.05) is 11.9 Å². The van der Waals surface area contributed by atoms with Crippen LogP contribution in [-0.2, 0) is 4.79 Å². The molecule has 22 heavy (non-hydrogen) atoms. The number of aryl methyl sites for hydroxylation is 1. The molecular formula is C15H13FN2O4. The molecule has 0 saturated carbocycles. The zero-order valence-corrected chi connectivity index (χ0v) is 11.7. The highest BCUT2D eigenvalue weighted by atomic mass is 19.1. The maximum atomic E-state index is 12.7. The van der Waals surface area contributed by atoms with Gasteiger partial charge in [-0.2, -0.15) is 0 Å². The Bertz CT molecular complexity index is 701. The molecule has 6 nitrogen and oxygen atoms in total. The molecule has 2 aromatic rings. The van der Waals surface area contributed by atoms with Gasteiger partial charge < -0.3 is 10.1 Å². The Kier molecular flexibility index (Phi) is 4.67. The number of hydrogen-bond donors (Lipinski definition) is 1. The van der Waals surface area contributed by atoms with E-state index in [1.807, 2.05) is 0 Å². The Morgan fingerprint density at radius 2 is 1.95 bits per heavy atom. The number of hydrogen-bond acceptors (Lipinski definition) is 4. The second-order valence-electron chi connectivity index (χ2n) is 4.55. The van der Waals surface area contributed by atoms with Gasteiger partial charge in [-0.25, -0.2) is 4.39 Å². The number of ether oxygens (including phenoxy) is 1. The summed E-state index contributed by atoms with van der Waals surface area (Å²) >= 11 is 0. The predicted octanol–water partition coefficient (Wildman–Crippen LogP) is 3.06. The summed E-state index contributed by atoms with van der Waals surface area (Å²) < 4.78 is 17.9. The largest absolute Gasteiger partial charge is 0.484 e. The summed E-state index contributed by atoms with van der Waals surface area (Å²) in [6, 6.07) is 9.43. The minimum atomic E-state index is -0.504. The van der Waals surface area contributed by atoms with E-state index in [0.29, 0.717) is 17.0 Å². The number of carbonyl (C=O) groups is 1. The highest BCUT2D eigenvalue weighted by Gasteiger charge is 2.10. The van der Waals surface area contributed by atoms with E-state index < -0.39 is 16.6 Å². The molecule has 0 aliphatic rings. The smallest absolute Gasteiger partial charge is 0.269 e. The molecule has 0 aliphatic carbocycles. The lowest BCUT2D eigenvalue weighted by Crippen LogP contribution is -2.20. The SMILES string of the molecule is Cc1cc([N+](=O)[O-])ccc1NC(=O)COc1ccc(F)cc1. The van der Waals surface area contributed by atoms with Gasteiger partial charge in [0.2, 0.25) is 0 Å². The summed E-state index contributed by atoms with van der Waals surface area (Å²) in [5.41, 5.74) is 1.00. The number of nitro benzene ring substituents is 1. The van der Waals surface area contributed by atoms with Crippen LogP contribution in [0.2, 0.25) is 0 Å². The minimum Gasteiger partial charge on any atom is -0.484 e. The lowest BCUT2D eigenvalue weighted by atomic mass is 10.2. The highest BCUT2D eigenvalue weighted by molar-refractivity contribution is 5.92. The fourth-order valence-corrected chi connectivity index (χ4v) is 1.77. The van der Waals surface area contributed by atoms with Crippen molar-refractivity contribution in [1.82, 2.24) is 0 Å². The Balaban J connectivity index is 1.94. The summed E-state index contributed by atoms with van der Waals surface area (Å²) in [6.45, 7) is 1.41. The van der Waals surface area contributed by atoms with E-state index in [2.05, 4.69) is 5.32 Å². The summed E-state index contributed by atoms with van der Waals surface area (Å²) in [7, 11) is 0. The zero-order chi connectivity index (χ0) is 16.1. The van der Waals surface area contributed by atoms with Gasteiger partial charge in [0.05, 0.1) is 4.92 Å². The number of nitrogens with zero attached hydrogens (tertiary/aromatic N) is 1. The van der Waals surface area contributed by atoms with Crippen LogP contribution in [0, 0.1) is 22.9 Å². The third-order valence-corrected chi connectivity index (χ3v) is 2.88. The number of rotatable bonds is 5. The maximum Gasteiger partial charge on any atom is 0.269 e. The van der Waals surface area contributed by atoms with Crippen LogP contribution in [0.4, 0.5) is 15.8 Å². The first-order valence-electron chi connectivity index (χ1n) is 6.39. The number of anilines is 1. The molecule has 114 valence electrons. The molecule has 0 unspecified atom stereocenters. The standard InChI is InChI=1S/C15H13FN2O4/c1-10-8-12(18(20)21)4-7-14(10)17-15(19)9-22-13-5-2-11(16)3-6-13/h2-8H,9H2,1H3,(H,17,19). The van der Waals surface area contributed by atoms with Crippen molar-refractivity contribution in [2.45, 2.75) is 6.92 Å². The second kappa shape index (κ2) is 6.66. The van der Waals surface area contributed by atoms with Gasteiger partial charge >= 0.3 is 0 Å². The summed E-state index contributed by atoms with van der Waals surface area (Å²) in [6.07, 6.45) is 0. The van der Waals surface area contributed by atoms with Gasteiger partial charge in [0.25, 0.3) is 11.6 Å². The molecule has 2 aromatic carbocycles. The van der Waals surface area contributed by atoms with Gasteiger partial charge in [0.15, 0.2) is 6.61 Å². The number of halogens is 1. The van der Waals surface area contributed by atoms with Gasteiger partial charge in [-0.05, 0) is 42.8 Å². The Morgan fingerprint density at radius 3 is 2.55 bits per heavy atom. The third kappa shape index (κ3) is 4.02. The van der Waals surface area contributed by atoms with E-state index in [4.69, 9.17) is 4.74 Å². The lowest BCUT2D eigenvalue weighted by Gasteiger charge is -2.09. The van der Waals surface area contributed by atoms with E-state index >= 15 is 0 Å². The first kappa shape index (κ1) is 15.4. The van der Waals surface area contributed by atoms with Crippen molar-refractivity contribution in [2.24, 2.45) is 0 Å². The molecule has 0 aliphatic heterocycles. The van der Waals surface area contributed by atoms with Crippen LogP contribution < -0.4 is 10.1 Å². The van der Waals surface area contributed by atoms with E-state index in [0.717, 1.165) is 0 Å².